The zero-order valence-corrected chi connectivity index (χ0v) is 20.1. The maximum atomic E-state index is 13.7. The number of urea groups is 1. The zero-order valence-electron chi connectivity index (χ0n) is 20.1. The van der Waals surface area contributed by atoms with E-state index in [2.05, 4.69) is 16.0 Å². The second-order valence-electron chi connectivity index (χ2n) is 9.32. The first-order valence-corrected chi connectivity index (χ1v) is 11.5. The molecule has 1 saturated heterocycles. The summed E-state index contributed by atoms with van der Waals surface area (Å²) in [4.78, 5) is 39.4. The predicted molar refractivity (Wildman–Crippen MR) is 128 cm³/mol. The second kappa shape index (κ2) is 11.2. The van der Waals surface area contributed by atoms with E-state index in [-0.39, 0.29) is 30.4 Å². The first-order valence-electron chi connectivity index (χ1n) is 11.5. The average molecular weight is 490 g/mol. The number of anilines is 1. The van der Waals surface area contributed by atoms with Crippen molar-refractivity contribution in [3.05, 3.63) is 48.0 Å². The summed E-state index contributed by atoms with van der Waals surface area (Å²) in [5.74, 6) is -0.893. The molecule has 3 rings (SSSR count). The molecule has 4 amide bonds. The molecule has 1 unspecified atom stereocenters. The number of aromatic nitrogens is 1. The predicted octanol–water partition coefficient (Wildman–Crippen LogP) is 2.86. The van der Waals surface area contributed by atoms with Crippen molar-refractivity contribution in [1.29, 1.82) is 0 Å². The third kappa shape index (κ3) is 7.44. The van der Waals surface area contributed by atoms with Crippen LogP contribution in [-0.2, 0) is 4.74 Å². The average Bonchev–Trinajstić information content (AvgIpc) is 3.20. The summed E-state index contributed by atoms with van der Waals surface area (Å²) >= 11 is 0. The van der Waals surface area contributed by atoms with Crippen LogP contribution in [0.5, 0.6) is 0 Å². The fourth-order valence-corrected chi connectivity index (χ4v) is 3.71. The summed E-state index contributed by atoms with van der Waals surface area (Å²) in [7, 11) is 0. The summed E-state index contributed by atoms with van der Waals surface area (Å²) in [5.41, 5.74) is 0.228. The Hall–Kier alpha value is -3.60. The van der Waals surface area contributed by atoms with Gasteiger partial charge in [-0.3, -0.25) is 4.79 Å². The number of nitrogens with one attached hydrogen (secondary N) is 3. The normalized spacial score (nSPS) is 15.9. The molecule has 1 aliphatic heterocycles. The third-order valence-corrected chi connectivity index (χ3v) is 5.23. The van der Waals surface area contributed by atoms with Crippen molar-refractivity contribution in [2.75, 3.05) is 31.6 Å². The van der Waals surface area contributed by atoms with Gasteiger partial charge in [-0.25, -0.2) is 14.0 Å². The number of benzene rings is 1. The summed E-state index contributed by atoms with van der Waals surface area (Å²) in [5, 5.41) is 16.9. The first kappa shape index (κ1) is 26.0. The molecule has 0 radical (unpaired) electrons. The minimum absolute atomic E-state index is 0.0422. The molecule has 0 saturated carbocycles. The molecule has 10 nitrogen and oxygen atoms in total. The molecule has 0 bridgehead atoms. The molecule has 1 aliphatic rings. The van der Waals surface area contributed by atoms with Crippen molar-refractivity contribution in [2.45, 2.75) is 45.3 Å². The number of piperidine rings is 1. The third-order valence-electron chi connectivity index (χ3n) is 5.23. The van der Waals surface area contributed by atoms with Crippen molar-refractivity contribution in [3.63, 3.8) is 0 Å². The van der Waals surface area contributed by atoms with Gasteiger partial charge >= 0.3 is 12.1 Å². The van der Waals surface area contributed by atoms with Crippen LogP contribution in [0.4, 0.5) is 19.7 Å². The number of rotatable bonds is 6. The SMILES string of the molecule is CC(C)(C)OC(=O)N1CCCC(NC(=O)c2cn(-c3cccc(F)c3)cc2NC(=O)NCCO)C1. The fraction of sp³-hybridized carbons (Fsp3) is 0.458. The van der Waals surface area contributed by atoms with Crippen molar-refractivity contribution in [2.24, 2.45) is 0 Å². The number of carbonyl (C=O) groups is 3. The first-order chi connectivity index (χ1) is 16.6. The van der Waals surface area contributed by atoms with Crippen molar-refractivity contribution in [3.8, 4) is 5.69 Å². The molecule has 1 fully saturated rings. The minimum Gasteiger partial charge on any atom is -0.444 e. The van der Waals surface area contributed by atoms with E-state index < -0.39 is 29.4 Å². The lowest BCUT2D eigenvalue weighted by molar-refractivity contribution is 0.0185. The highest BCUT2D eigenvalue weighted by molar-refractivity contribution is 6.03. The van der Waals surface area contributed by atoms with Gasteiger partial charge in [-0.2, -0.15) is 0 Å². The molecule has 2 heterocycles. The Kier molecular flexibility index (Phi) is 8.34. The van der Waals surface area contributed by atoms with Crippen LogP contribution in [0.3, 0.4) is 0 Å². The smallest absolute Gasteiger partial charge is 0.410 e. The van der Waals surface area contributed by atoms with E-state index in [1.54, 1.807) is 37.8 Å². The van der Waals surface area contributed by atoms with Crippen LogP contribution in [0, 0.1) is 5.82 Å². The Labute approximate surface area is 203 Å². The van der Waals surface area contributed by atoms with Crippen LogP contribution >= 0.6 is 0 Å². The van der Waals surface area contributed by atoms with E-state index >= 15 is 0 Å². The Morgan fingerprint density at radius 1 is 1.23 bits per heavy atom. The van der Waals surface area contributed by atoms with E-state index in [1.807, 2.05) is 0 Å². The number of aliphatic hydroxyl groups excluding tert-OH is 1. The highest BCUT2D eigenvalue weighted by Crippen LogP contribution is 2.23. The fourth-order valence-electron chi connectivity index (χ4n) is 3.71. The molecule has 190 valence electrons. The molecule has 1 atom stereocenters. The lowest BCUT2D eigenvalue weighted by atomic mass is 10.1. The van der Waals surface area contributed by atoms with Crippen molar-refractivity contribution in [1.82, 2.24) is 20.1 Å². The maximum absolute atomic E-state index is 13.7. The van der Waals surface area contributed by atoms with Crippen molar-refractivity contribution < 1.29 is 28.6 Å². The van der Waals surface area contributed by atoms with Crippen LogP contribution in [0.15, 0.2) is 36.7 Å². The molecule has 0 aliphatic carbocycles. The van der Waals surface area contributed by atoms with Gasteiger partial charge in [-0.15, -0.1) is 0 Å². The van der Waals surface area contributed by atoms with E-state index in [1.165, 1.54) is 29.1 Å². The molecular weight excluding hydrogens is 457 g/mol. The number of halogens is 1. The van der Waals surface area contributed by atoms with Gasteiger partial charge in [-0.05, 0) is 51.8 Å². The van der Waals surface area contributed by atoms with Crippen LogP contribution in [0.2, 0.25) is 0 Å². The van der Waals surface area contributed by atoms with Gasteiger partial charge in [0.05, 0.1) is 17.9 Å². The quantitative estimate of drug-likeness (QED) is 0.497. The Morgan fingerprint density at radius 3 is 2.69 bits per heavy atom. The van der Waals surface area contributed by atoms with Crippen LogP contribution < -0.4 is 16.0 Å². The monoisotopic (exact) mass is 489 g/mol. The molecule has 4 N–H and O–H groups in total. The molecule has 1 aromatic heterocycles. The maximum Gasteiger partial charge on any atom is 0.410 e. The van der Waals surface area contributed by atoms with Crippen LogP contribution in [0.25, 0.3) is 5.69 Å². The molecule has 1 aromatic carbocycles. The van der Waals surface area contributed by atoms with E-state index in [0.717, 1.165) is 0 Å². The van der Waals surface area contributed by atoms with Gasteiger partial charge < -0.3 is 35.3 Å². The number of carbonyl (C=O) groups excluding carboxylic acids is 3. The summed E-state index contributed by atoms with van der Waals surface area (Å²) in [6.07, 6.45) is 3.95. The Balaban J connectivity index is 1.77. The molecule has 11 heteroatoms. The lowest BCUT2D eigenvalue weighted by Gasteiger charge is -2.34. The van der Waals surface area contributed by atoms with E-state index in [4.69, 9.17) is 9.84 Å². The van der Waals surface area contributed by atoms with Gasteiger partial charge in [0.2, 0.25) is 0 Å². The minimum atomic E-state index is -0.621. The topological polar surface area (TPSA) is 125 Å². The van der Waals surface area contributed by atoms with Crippen molar-refractivity contribution >= 4 is 23.7 Å². The number of ether oxygens (including phenoxy) is 1. The number of aliphatic hydroxyl groups is 1. The zero-order chi connectivity index (χ0) is 25.6. The highest BCUT2D eigenvalue weighted by atomic mass is 19.1. The molecular formula is C24H32FN5O5. The lowest BCUT2D eigenvalue weighted by Crippen LogP contribution is -2.50. The second-order valence-corrected chi connectivity index (χ2v) is 9.32. The number of hydrogen-bond donors (Lipinski definition) is 4. The molecule has 0 spiro atoms. The molecule has 2 aromatic rings. The van der Waals surface area contributed by atoms with Crippen LogP contribution in [0.1, 0.15) is 44.0 Å². The van der Waals surface area contributed by atoms with Gasteiger partial charge in [0.1, 0.15) is 11.4 Å². The molecule has 35 heavy (non-hydrogen) atoms. The van der Waals surface area contributed by atoms with Gasteiger partial charge in [-0.1, -0.05) is 6.07 Å². The standard InChI is InChI=1S/C24H32FN5O5/c1-24(2,3)35-23(34)29-10-5-7-17(13-29)27-21(32)19-14-30(18-8-4-6-16(25)12-18)15-20(19)28-22(33)26-9-11-31/h4,6,8,12,14-15,17,31H,5,7,9-11,13H2,1-3H3,(H,27,32)(H2,26,28,33). The highest BCUT2D eigenvalue weighted by Gasteiger charge is 2.29. The Morgan fingerprint density at radius 2 is 2.00 bits per heavy atom. The summed E-state index contributed by atoms with van der Waals surface area (Å²) in [6.45, 7) is 6.02. The van der Waals surface area contributed by atoms with Crippen LogP contribution in [-0.4, -0.2) is 70.5 Å². The van der Waals surface area contributed by atoms with E-state index in [9.17, 15) is 18.8 Å². The number of nitrogens with zero attached hydrogens (tertiary/aromatic N) is 2. The van der Waals surface area contributed by atoms with Gasteiger partial charge in [0.15, 0.2) is 0 Å². The summed E-state index contributed by atoms with van der Waals surface area (Å²) in [6, 6.07) is 4.91. The summed E-state index contributed by atoms with van der Waals surface area (Å²) < 4.78 is 20.7. The number of likely N-dealkylation sites (tertiary alicyclic amines) is 1. The number of hydrogen-bond acceptors (Lipinski definition) is 5. The number of amides is 4. The Bertz CT molecular complexity index is 1060. The van der Waals surface area contributed by atoms with Gasteiger partial charge in [0, 0.05) is 43.8 Å². The largest absolute Gasteiger partial charge is 0.444 e. The van der Waals surface area contributed by atoms with E-state index in [0.29, 0.717) is 31.6 Å². The van der Waals surface area contributed by atoms with Gasteiger partial charge in [0.25, 0.3) is 5.91 Å².